The fourth-order valence-electron chi connectivity index (χ4n) is 2.21. The molecule has 0 amide bonds. The van der Waals surface area contributed by atoms with Gasteiger partial charge < -0.3 is 5.32 Å². The first-order valence-corrected chi connectivity index (χ1v) is 8.15. The first-order chi connectivity index (χ1) is 9.74. The van der Waals surface area contributed by atoms with Crippen LogP contribution in [0.5, 0.6) is 0 Å². The van der Waals surface area contributed by atoms with E-state index in [1.54, 1.807) is 12.1 Å². The molecule has 0 bridgehead atoms. The molecule has 0 radical (unpaired) electrons. The first kappa shape index (κ1) is 17.0. The highest BCUT2D eigenvalue weighted by molar-refractivity contribution is 6.67. The van der Waals surface area contributed by atoms with Gasteiger partial charge in [0.25, 0.3) is 5.24 Å². The highest BCUT2D eigenvalue weighted by Crippen LogP contribution is 2.12. The van der Waals surface area contributed by atoms with Gasteiger partial charge in [0.05, 0.1) is 0 Å². The Hall–Kier alpha value is -1.02. The van der Waals surface area contributed by atoms with Crippen LogP contribution in [0.2, 0.25) is 0 Å². The minimum atomic E-state index is -0.403. The summed E-state index contributed by atoms with van der Waals surface area (Å²) in [5, 5.41) is 2.96. The Morgan fingerprint density at radius 1 is 0.950 bits per heavy atom. The summed E-state index contributed by atoms with van der Waals surface area (Å²) in [6.45, 7) is 3.24. The van der Waals surface area contributed by atoms with Crippen molar-refractivity contribution in [2.45, 2.75) is 58.3 Å². The molecule has 0 aromatic heterocycles. The van der Waals surface area contributed by atoms with Crippen molar-refractivity contribution in [2.75, 3.05) is 11.9 Å². The number of hydrogen-bond donors (Lipinski definition) is 1. The van der Waals surface area contributed by atoms with E-state index in [4.69, 9.17) is 11.6 Å². The average Bonchev–Trinajstić information content (AvgIpc) is 2.46. The van der Waals surface area contributed by atoms with E-state index < -0.39 is 5.24 Å². The number of halogens is 1. The van der Waals surface area contributed by atoms with Crippen molar-refractivity contribution in [3.05, 3.63) is 29.8 Å². The van der Waals surface area contributed by atoms with Gasteiger partial charge in [0, 0.05) is 17.8 Å². The molecule has 0 unspecified atom stereocenters. The standard InChI is InChI=1S/C17H26ClNO/c1-2-3-4-5-6-7-8-9-14-19-16-12-10-15(11-13-16)17(18)20/h10-13,19H,2-9,14H2,1H3. The smallest absolute Gasteiger partial charge is 0.252 e. The number of anilines is 1. The summed E-state index contributed by atoms with van der Waals surface area (Å²) in [6.07, 6.45) is 10.7. The van der Waals surface area contributed by atoms with Crippen LogP contribution in [0.15, 0.2) is 24.3 Å². The van der Waals surface area contributed by atoms with E-state index in [0.29, 0.717) is 5.56 Å². The molecule has 20 heavy (non-hydrogen) atoms. The van der Waals surface area contributed by atoms with Crippen molar-refractivity contribution in [1.29, 1.82) is 0 Å². The molecular formula is C17H26ClNO. The molecule has 1 aromatic carbocycles. The lowest BCUT2D eigenvalue weighted by Gasteiger charge is -2.06. The fourth-order valence-corrected chi connectivity index (χ4v) is 2.34. The fraction of sp³-hybridized carbons (Fsp3) is 0.588. The van der Waals surface area contributed by atoms with Crippen LogP contribution in [0.25, 0.3) is 0 Å². The van der Waals surface area contributed by atoms with Crippen molar-refractivity contribution in [3.63, 3.8) is 0 Å². The maximum absolute atomic E-state index is 10.9. The molecule has 112 valence electrons. The van der Waals surface area contributed by atoms with Crippen LogP contribution >= 0.6 is 11.6 Å². The van der Waals surface area contributed by atoms with Crippen LogP contribution in [0.1, 0.15) is 68.6 Å². The van der Waals surface area contributed by atoms with E-state index in [1.165, 1.54) is 51.4 Å². The second-order valence-corrected chi connectivity index (χ2v) is 5.60. The summed E-state index contributed by atoms with van der Waals surface area (Å²) in [7, 11) is 0. The summed E-state index contributed by atoms with van der Waals surface area (Å²) in [6, 6.07) is 7.32. The van der Waals surface area contributed by atoms with Crippen molar-refractivity contribution in [1.82, 2.24) is 0 Å². The predicted molar refractivity (Wildman–Crippen MR) is 87.7 cm³/mol. The normalized spacial score (nSPS) is 10.5. The van der Waals surface area contributed by atoms with Gasteiger partial charge in [-0.2, -0.15) is 0 Å². The van der Waals surface area contributed by atoms with Gasteiger partial charge in [0.1, 0.15) is 0 Å². The Balaban J connectivity index is 2.02. The minimum absolute atomic E-state index is 0.403. The van der Waals surface area contributed by atoms with E-state index in [-0.39, 0.29) is 0 Å². The SMILES string of the molecule is CCCCCCCCCCNc1ccc(C(=O)Cl)cc1. The third kappa shape index (κ3) is 7.54. The quantitative estimate of drug-likeness (QED) is 0.424. The molecule has 0 fully saturated rings. The number of nitrogens with one attached hydrogen (secondary N) is 1. The van der Waals surface area contributed by atoms with Crippen LogP contribution in [-0.4, -0.2) is 11.8 Å². The Kier molecular flexibility index (Phi) is 9.14. The molecule has 0 aliphatic rings. The van der Waals surface area contributed by atoms with Gasteiger partial charge in [-0.25, -0.2) is 0 Å². The third-order valence-corrected chi connectivity index (χ3v) is 3.69. The second kappa shape index (κ2) is 10.7. The van der Waals surface area contributed by atoms with Crippen LogP contribution in [-0.2, 0) is 0 Å². The van der Waals surface area contributed by atoms with Crippen LogP contribution in [0.4, 0.5) is 5.69 Å². The molecule has 2 nitrogen and oxygen atoms in total. The van der Waals surface area contributed by atoms with Gasteiger partial charge in [0.2, 0.25) is 0 Å². The summed E-state index contributed by atoms with van der Waals surface area (Å²) in [4.78, 5) is 10.9. The molecule has 0 heterocycles. The molecule has 0 atom stereocenters. The number of unbranched alkanes of at least 4 members (excludes halogenated alkanes) is 7. The molecule has 0 saturated carbocycles. The Morgan fingerprint density at radius 3 is 2.05 bits per heavy atom. The maximum atomic E-state index is 10.9. The third-order valence-electron chi connectivity index (χ3n) is 3.47. The largest absolute Gasteiger partial charge is 0.385 e. The number of hydrogen-bond acceptors (Lipinski definition) is 2. The van der Waals surface area contributed by atoms with Gasteiger partial charge in [-0.3, -0.25) is 4.79 Å². The van der Waals surface area contributed by atoms with Crippen LogP contribution in [0, 0.1) is 0 Å². The maximum Gasteiger partial charge on any atom is 0.252 e. The monoisotopic (exact) mass is 295 g/mol. The van der Waals surface area contributed by atoms with Gasteiger partial charge in [-0.15, -0.1) is 0 Å². The minimum Gasteiger partial charge on any atom is -0.385 e. The summed E-state index contributed by atoms with van der Waals surface area (Å²) in [5.74, 6) is 0. The number of carbonyl (C=O) groups excluding carboxylic acids is 1. The zero-order chi connectivity index (χ0) is 14.6. The molecule has 1 N–H and O–H groups in total. The van der Waals surface area contributed by atoms with E-state index in [2.05, 4.69) is 12.2 Å². The van der Waals surface area contributed by atoms with Crippen LogP contribution < -0.4 is 5.32 Å². The summed E-state index contributed by atoms with van der Waals surface area (Å²) < 4.78 is 0. The van der Waals surface area contributed by atoms with Crippen molar-refractivity contribution in [2.24, 2.45) is 0 Å². The topological polar surface area (TPSA) is 29.1 Å². The number of benzene rings is 1. The van der Waals surface area contributed by atoms with E-state index >= 15 is 0 Å². The number of rotatable bonds is 11. The molecule has 0 spiro atoms. The predicted octanol–water partition coefficient (Wildman–Crippen LogP) is 5.62. The van der Waals surface area contributed by atoms with Crippen molar-refractivity contribution < 1.29 is 4.79 Å². The average molecular weight is 296 g/mol. The Labute approximate surface area is 127 Å². The molecule has 0 saturated heterocycles. The zero-order valence-corrected chi connectivity index (χ0v) is 13.2. The highest BCUT2D eigenvalue weighted by Gasteiger charge is 2.00. The van der Waals surface area contributed by atoms with E-state index in [1.807, 2.05) is 12.1 Å². The second-order valence-electron chi connectivity index (χ2n) is 5.25. The van der Waals surface area contributed by atoms with Gasteiger partial charge >= 0.3 is 0 Å². The van der Waals surface area contributed by atoms with E-state index in [9.17, 15) is 4.79 Å². The zero-order valence-electron chi connectivity index (χ0n) is 12.5. The summed E-state index contributed by atoms with van der Waals surface area (Å²) in [5.41, 5.74) is 1.60. The lowest BCUT2D eigenvalue weighted by molar-refractivity contribution is 0.108. The van der Waals surface area contributed by atoms with Gasteiger partial charge in [0.15, 0.2) is 0 Å². The van der Waals surface area contributed by atoms with Crippen molar-refractivity contribution in [3.8, 4) is 0 Å². The number of carbonyl (C=O) groups is 1. The highest BCUT2D eigenvalue weighted by atomic mass is 35.5. The first-order valence-electron chi connectivity index (χ1n) is 7.78. The Morgan fingerprint density at radius 2 is 1.50 bits per heavy atom. The van der Waals surface area contributed by atoms with Gasteiger partial charge in [-0.05, 0) is 42.3 Å². The molecule has 0 aliphatic carbocycles. The van der Waals surface area contributed by atoms with Crippen molar-refractivity contribution >= 4 is 22.5 Å². The van der Waals surface area contributed by atoms with E-state index in [0.717, 1.165) is 12.2 Å². The molecule has 0 aliphatic heterocycles. The Bertz CT molecular complexity index is 375. The summed E-state index contributed by atoms with van der Waals surface area (Å²) >= 11 is 5.40. The lowest BCUT2D eigenvalue weighted by atomic mass is 10.1. The molecular weight excluding hydrogens is 270 g/mol. The molecule has 3 heteroatoms. The van der Waals surface area contributed by atoms with Gasteiger partial charge in [-0.1, -0.05) is 51.9 Å². The van der Waals surface area contributed by atoms with Crippen LogP contribution in [0.3, 0.4) is 0 Å². The molecule has 1 rings (SSSR count). The lowest BCUT2D eigenvalue weighted by Crippen LogP contribution is -2.01. The molecule has 1 aromatic rings.